The molecule has 0 aromatic heterocycles. The molecule has 4 heteroatoms. The molecule has 3 rings (SSSR count). The first-order valence-corrected chi connectivity index (χ1v) is 6.81. The number of para-hydroxylation sites is 2. The Bertz CT molecular complexity index is 746. The van der Waals surface area contributed by atoms with Crippen LogP contribution < -0.4 is 10.2 Å². The van der Waals surface area contributed by atoms with Crippen molar-refractivity contribution in [2.45, 2.75) is 13.5 Å². The Morgan fingerprint density at radius 3 is 2.86 bits per heavy atom. The van der Waals surface area contributed by atoms with Crippen molar-refractivity contribution in [2.24, 2.45) is 0 Å². The summed E-state index contributed by atoms with van der Waals surface area (Å²) in [5, 5.41) is 11.8. The van der Waals surface area contributed by atoms with E-state index in [-0.39, 0.29) is 5.91 Å². The van der Waals surface area contributed by atoms with Gasteiger partial charge in [0.15, 0.2) is 0 Å². The number of nitriles is 1. The Hall–Kier alpha value is -2.80. The van der Waals surface area contributed by atoms with E-state index < -0.39 is 0 Å². The fraction of sp³-hybridized carbons (Fsp3) is 0.176. The van der Waals surface area contributed by atoms with E-state index in [1.54, 1.807) is 0 Å². The molecule has 104 valence electrons. The summed E-state index contributed by atoms with van der Waals surface area (Å²) in [7, 11) is 0. The lowest BCUT2D eigenvalue weighted by atomic mass is 10.0. The van der Waals surface area contributed by atoms with Crippen LogP contribution in [0.2, 0.25) is 0 Å². The normalized spacial score (nSPS) is 13.3. The second kappa shape index (κ2) is 5.29. The van der Waals surface area contributed by atoms with Gasteiger partial charge in [0.1, 0.15) is 0 Å². The molecule has 2 aromatic carbocycles. The predicted molar refractivity (Wildman–Crippen MR) is 82.0 cm³/mol. The van der Waals surface area contributed by atoms with E-state index in [1.807, 2.05) is 49.4 Å². The Morgan fingerprint density at radius 2 is 2.10 bits per heavy atom. The number of carbonyl (C=O) groups excluding carboxylic acids is 1. The van der Waals surface area contributed by atoms with Gasteiger partial charge in [0.05, 0.1) is 29.6 Å². The van der Waals surface area contributed by atoms with Crippen LogP contribution in [0.4, 0.5) is 11.4 Å². The molecule has 2 aromatic rings. The molecule has 1 N–H and O–H groups in total. The van der Waals surface area contributed by atoms with Gasteiger partial charge in [-0.05, 0) is 42.3 Å². The van der Waals surface area contributed by atoms with Crippen molar-refractivity contribution in [3.8, 4) is 6.07 Å². The standard InChI is InChI=1S/C17H15N3O/c1-12-8-13(9-18)6-7-14(12)10-20-11-17(21)19-15-4-2-3-5-16(15)20/h2-8H,10-11H2,1H3,(H,19,21). The number of hydrogen-bond acceptors (Lipinski definition) is 3. The van der Waals surface area contributed by atoms with Crippen LogP contribution in [0.15, 0.2) is 42.5 Å². The highest BCUT2D eigenvalue weighted by molar-refractivity contribution is 6.01. The molecule has 0 saturated heterocycles. The van der Waals surface area contributed by atoms with Crippen molar-refractivity contribution in [1.82, 2.24) is 0 Å². The fourth-order valence-electron chi connectivity index (χ4n) is 2.59. The van der Waals surface area contributed by atoms with Crippen molar-refractivity contribution in [3.05, 3.63) is 59.2 Å². The maximum atomic E-state index is 11.8. The summed E-state index contributed by atoms with van der Waals surface area (Å²) in [5.74, 6) is -0.00000178. The largest absolute Gasteiger partial charge is 0.356 e. The zero-order valence-corrected chi connectivity index (χ0v) is 11.8. The lowest BCUT2D eigenvalue weighted by Gasteiger charge is -2.31. The van der Waals surface area contributed by atoms with Gasteiger partial charge in [-0.3, -0.25) is 4.79 Å². The number of fused-ring (bicyclic) bond motifs is 1. The molecule has 21 heavy (non-hydrogen) atoms. The van der Waals surface area contributed by atoms with E-state index in [4.69, 9.17) is 5.26 Å². The minimum absolute atomic E-state index is 0.00000178. The van der Waals surface area contributed by atoms with E-state index >= 15 is 0 Å². The third-order valence-electron chi connectivity index (χ3n) is 3.69. The summed E-state index contributed by atoms with van der Waals surface area (Å²) in [6.07, 6.45) is 0. The predicted octanol–water partition coefficient (Wildman–Crippen LogP) is 2.83. The number of nitrogens with zero attached hydrogens (tertiary/aromatic N) is 2. The lowest BCUT2D eigenvalue weighted by Crippen LogP contribution is -2.37. The zero-order valence-electron chi connectivity index (χ0n) is 11.8. The number of amides is 1. The van der Waals surface area contributed by atoms with Crippen LogP contribution in [0.3, 0.4) is 0 Å². The van der Waals surface area contributed by atoms with Crippen LogP contribution in [0.1, 0.15) is 16.7 Å². The summed E-state index contributed by atoms with van der Waals surface area (Å²) in [6.45, 7) is 2.99. The molecule has 0 saturated carbocycles. The maximum absolute atomic E-state index is 11.8. The van der Waals surface area contributed by atoms with Gasteiger partial charge < -0.3 is 10.2 Å². The summed E-state index contributed by atoms with van der Waals surface area (Å²) in [4.78, 5) is 13.9. The van der Waals surface area contributed by atoms with Gasteiger partial charge in [-0.2, -0.15) is 5.26 Å². The first-order valence-electron chi connectivity index (χ1n) is 6.81. The fourth-order valence-corrected chi connectivity index (χ4v) is 2.59. The van der Waals surface area contributed by atoms with Crippen LogP contribution in [0, 0.1) is 18.3 Å². The minimum atomic E-state index is -0.00000178. The lowest BCUT2D eigenvalue weighted by molar-refractivity contribution is -0.115. The van der Waals surface area contributed by atoms with Gasteiger partial charge in [0, 0.05) is 6.54 Å². The Kier molecular flexibility index (Phi) is 3.33. The number of nitrogens with one attached hydrogen (secondary N) is 1. The van der Waals surface area contributed by atoms with Crippen LogP contribution in [-0.4, -0.2) is 12.5 Å². The molecule has 1 amide bonds. The van der Waals surface area contributed by atoms with Gasteiger partial charge in [0.25, 0.3) is 0 Å². The minimum Gasteiger partial charge on any atom is -0.356 e. The number of benzene rings is 2. The molecule has 4 nitrogen and oxygen atoms in total. The summed E-state index contributed by atoms with van der Waals surface area (Å²) >= 11 is 0. The van der Waals surface area contributed by atoms with Gasteiger partial charge in [-0.15, -0.1) is 0 Å². The topological polar surface area (TPSA) is 56.1 Å². The molecule has 1 aliphatic rings. The van der Waals surface area contributed by atoms with Crippen LogP contribution in [-0.2, 0) is 11.3 Å². The van der Waals surface area contributed by atoms with E-state index in [1.165, 1.54) is 0 Å². The molecular weight excluding hydrogens is 262 g/mol. The van der Waals surface area contributed by atoms with Crippen molar-refractivity contribution in [3.63, 3.8) is 0 Å². The molecule has 0 radical (unpaired) electrons. The third-order valence-corrected chi connectivity index (χ3v) is 3.69. The number of rotatable bonds is 2. The smallest absolute Gasteiger partial charge is 0.243 e. The molecule has 0 bridgehead atoms. The molecule has 1 aliphatic heterocycles. The average molecular weight is 277 g/mol. The molecule has 1 heterocycles. The second-order valence-electron chi connectivity index (χ2n) is 5.17. The van der Waals surface area contributed by atoms with Gasteiger partial charge in [0.2, 0.25) is 5.91 Å². The van der Waals surface area contributed by atoms with Gasteiger partial charge in [-0.25, -0.2) is 0 Å². The van der Waals surface area contributed by atoms with E-state index in [2.05, 4.69) is 16.3 Å². The summed E-state index contributed by atoms with van der Waals surface area (Å²) in [5.41, 5.74) is 4.73. The number of aryl methyl sites for hydroxylation is 1. The summed E-state index contributed by atoms with van der Waals surface area (Å²) in [6, 6.07) is 15.6. The Morgan fingerprint density at radius 1 is 1.29 bits per heavy atom. The first kappa shape index (κ1) is 13.2. The average Bonchev–Trinajstić information content (AvgIpc) is 2.49. The summed E-state index contributed by atoms with van der Waals surface area (Å²) < 4.78 is 0. The van der Waals surface area contributed by atoms with Crippen LogP contribution in [0.25, 0.3) is 0 Å². The first-order chi connectivity index (χ1) is 10.2. The second-order valence-corrected chi connectivity index (χ2v) is 5.17. The number of carbonyl (C=O) groups is 1. The molecule has 0 unspecified atom stereocenters. The van der Waals surface area contributed by atoms with Crippen LogP contribution in [0.5, 0.6) is 0 Å². The van der Waals surface area contributed by atoms with Crippen molar-refractivity contribution in [1.29, 1.82) is 5.26 Å². The van der Waals surface area contributed by atoms with Crippen molar-refractivity contribution < 1.29 is 4.79 Å². The zero-order chi connectivity index (χ0) is 14.8. The highest BCUT2D eigenvalue weighted by Gasteiger charge is 2.21. The molecule has 0 aliphatic carbocycles. The Labute approximate surface area is 123 Å². The van der Waals surface area contributed by atoms with E-state index in [9.17, 15) is 4.79 Å². The maximum Gasteiger partial charge on any atom is 0.243 e. The van der Waals surface area contributed by atoms with Crippen molar-refractivity contribution >= 4 is 17.3 Å². The SMILES string of the molecule is Cc1cc(C#N)ccc1CN1CC(=O)Nc2ccccc21. The molecule has 0 spiro atoms. The highest BCUT2D eigenvalue weighted by Crippen LogP contribution is 2.30. The third kappa shape index (κ3) is 2.59. The van der Waals surface area contributed by atoms with E-state index in [0.717, 1.165) is 22.5 Å². The van der Waals surface area contributed by atoms with Gasteiger partial charge in [-0.1, -0.05) is 18.2 Å². The molecule has 0 atom stereocenters. The van der Waals surface area contributed by atoms with Crippen LogP contribution >= 0.6 is 0 Å². The number of anilines is 2. The monoisotopic (exact) mass is 277 g/mol. The number of hydrogen-bond donors (Lipinski definition) is 1. The Balaban J connectivity index is 1.92. The highest BCUT2D eigenvalue weighted by atomic mass is 16.2. The van der Waals surface area contributed by atoms with E-state index in [0.29, 0.717) is 18.7 Å². The van der Waals surface area contributed by atoms with Gasteiger partial charge >= 0.3 is 0 Å². The quantitative estimate of drug-likeness (QED) is 0.918. The molecule has 0 fully saturated rings. The molecular formula is C17H15N3O. The van der Waals surface area contributed by atoms with Crippen molar-refractivity contribution in [2.75, 3.05) is 16.8 Å².